The van der Waals surface area contributed by atoms with Crippen LogP contribution < -0.4 is 21.5 Å². The van der Waals surface area contributed by atoms with E-state index in [0.29, 0.717) is 41.3 Å². The van der Waals surface area contributed by atoms with E-state index < -0.39 is 11.2 Å². The number of aromatic nitrogens is 4. The number of rotatable bonds is 6. The molecule has 0 saturated carbocycles. The Hall–Kier alpha value is -3.17. The molecule has 4 heterocycles. The maximum absolute atomic E-state index is 13.7. The highest BCUT2D eigenvalue weighted by molar-refractivity contribution is 5.96. The number of nitrogens with one attached hydrogen (secondary N) is 1. The van der Waals surface area contributed by atoms with Gasteiger partial charge in [0.2, 0.25) is 5.95 Å². The molecule has 2 atom stereocenters. The van der Waals surface area contributed by atoms with Crippen molar-refractivity contribution in [3.8, 4) is 0 Å². The van der Waals surface area contributed by atoms with Crippen LogP contribution in [0.5, 0.6) is 0 Å². The molecule has 0 amide bonds. The van der Waals surface area contributed by atoms with Gasteiger partial charge in [-0.3, -0.25) is 18.7 Å². The van der Waals surface area contributed by atoms with Crippen molar-refractivity contribution < 1.29 is 4.79 Å². The Morgan fingerprint density at radius 3 is 2.60 bits per heavy atom. The molecule has 1 N–H and O–H groups in total. The maximum atomic E-state index is 13.7. The quantitative estimate of drug-likeness (QED) is 0.413. The molecular weight excluding hydrogens is 468 g/mol. The van der Waals surface area contributed by atoms with E-state index >= 15 is 0 Å². The molecule has 1 aromatic carbocycles. The van der Waals surface area contributed by atoms with Crippen LogP contribution in [-0.4, -0.2) is 49.6 Å². The summed E-state index contributed by atoms with van der Waals surface area (Å²) < 4.78 is 4.33. The molecule has 35 heavy (non-hydrogen) atoms. The van der Waals surface area contributed by atoms with Crippen LogP contribution in [0, 0.1) is 0 Å². The molecular formula is C25H31ClN6O3. The number of nitrogens with zero attached hydrogens (tertiary/aromatic N) is 5. The topological polar surface area (TPSA) is 94.2 Å². The van der Waals surface area contributed by atoms with Crippen LogP contribution in [0.4, 0.5) is 5.95 Å². The van der Waals surface area contributed by atoms with Gasteiger partial charge in [0.1, 0.15) is 0 Å². The number of carbonyl (C=O) groups is 1. The fraction of sp³-hybridized carbons (Fsp3) is 0.440. The lowest BCUT2D eigenvalue weighted by Crippen LogP contribution is -2.41. The number of aryl methyl sites for hydroxylation is 1. The van der Waals surface area contributed by atoms with Crippen LogP contribution in [0.25, 0.3) is 11.2 Å². The number of halogens is 1. The van der Waals surface area contributed by atoms with Crippen molar-refractivity contribution in [3.05, 3.63) is 68.4 Å². The summed E-state index contributed by atoms with van der Waals surface area (Å²) in [7, 11) is 1.61. The Morgan fingerprint density at radius 2 is 1.89 bits per heavy atom. The van der Waals surface area contributed by atoms with Crippen molar-refractivity contribution in [2.24, 2.45) is 7.05 Å². The number of benzene rings is 1. The number of carbonyl (C=O) groups excluding carboxylic acids is 1. The average molecular weight is 499 g/mol. The van der Waals surface area contributed by atoms with Gasteiger partial charge >= 0.3 is 5.69 Å². The molecule has 0 aliphatic carbocycles. The normalized spacial score (nSPS) is 19.0. The Bertz CT molecular complexity index is 1400. The average Bonchev–Trinajstić information content (AvgIpc) is 3.54. The van der Waals surface area contributed by atoms with Gasteiger partial charge in [-0.2, -0.15) is 4.98 Å². The van der Waals surface area contributed by atoms with E-state index in [1.54, 1.807) is 31.3 Å². The second-order valence-corrected chi connectivity index (χ2v) is 9.40. The summed E-state index contributed by atoms with van der Waals surface area (Å²) in [5, 5.41) is 3.55. The first-order chi connectivity index (χ1) is 16.4. The molecule has 186 valence electrons. The van der Waals surface area contributed by atoms with Gasteiger partial charge in [-0.05, 0) is 33.2 Å². The summed E-state index contributed by atoms with van der Waals surface area (Å²) in [5.41, 5.74) is 1.27. The zero-order valence-corrected chi connectivity index (χ0v) is 21.0. The molecule has 2 aliphatic heterocycles. The molecule has 0 bridgehead atoms. The number of anilines is 1. The van der Waals surface area contributed by atoms with Gasteiger partial charge in [-0.1, -0.05) is 42.0 Å². The van der Waals surface area contributed by atoms with Crippen LogP contribution >= 0.6 is 12.4 Å². The summed E-state index contributed by atoms with van der Waals surface area (Å²) in [6, 6.07) is 9.46. The number of imidazole rings is 1. The Morgan fingerprint density at radius 1 is 1.14 bits per heavy atom. The highest BCUT2D eigenvalue weighted by Gasteiger charge is 2.40. The minimum Gasteiger partial charge on any atom is -0.338 e. The number of hydrogen-bond acceptors (Lipinski definition) is 6. The molecule has 9 nitrogen and oxygen atoms in total. The minimum absolute atomic E-state index is 0. The van der Waals surface area contributed by atoms with E-state index in [4.69, 9.17) is 4.98 Å². The lowest BCUT2D eigenvalue weighted by atomic mass is 10.1. The number of ketones is 1. The highest BCUT2D eigenvalue weighted by atomic mass is 35.5. The molecule has 10 heteroatoms. The van der Waals surface area contributed by atoms with E-state index in [9.17, 15) is 14.4 Å². The monoisotopic (exact) mass is 498 g/mol. The Kier molecular flexibility index (Phi) is 7.00. The Balaban J connectivity index is 0.00000289. The maximum Gasteiger partial charge on any atom is 0.332 e. The van der Waals surface area contributed by atoms with E-state index in [0.717, 1.165) is 36.1 Å². The molecule has 3 aromatic rings. The third-order valence-electron chi connectivity index (χ3n) is 6.94. The first-order valence-corrected chi connectivity index (χ1v) is 11.8. The van der Waals surface area contributed by atoms with Crippen molar-refractivity contribution in [2.75, 3.05) is 18.0 Å². The van der Waals surface area contributed by atoms with Crippen molar-refractivity contribution in [1.82, 2.24) is 24.0 Å². The predicted molar refractivity (Wildman–Crippen MR) is 139 cm³/mol. The number of hydrogen-bond donors (Lipinski definition) is 1. The van der Waals surface area contributed by atoms with E-state index in [1.165, 1.54) is 4.57 Å². The number of fused-ring (bicyclic) bond motifs is 2. The molecule has 0 radical (unpaired) electrons. The number of allylic oxidation sites excluding steroid dienone is 2. The zero-order chi connectivity index (χ0) is 24.0. The van der Waals surface area contributed by atoms with Gasteiger partial charge in [0.15, 0.2) is 16.9 Å². The zero-order valence-electron chi connectivity index (χ0n) is 20.2. The van der Waals surface area contributed by atoms with Gasteiger partial charge in [-0.15, -0.1) is 12.4 Å². The molecule has 0 spiro atoms. The van der Waals surface area contributed by atoms with Crippen molar-refractivity contribution in [1.29, 1.82) is 0 Å². The van der Waals surface area contributed by atoms with Crippen molar-refractivity contribution in [2.45, 2.75) is 51.9 Å². The fourth-order valence-corrected chi connectivity index (χ4v) is 5.14. The van der Waals surface area contributed by atoms with Crippen LogP contribution in [-0.2, 0) is 20.1 Å². The lowest BCUT2D eigenvalue weighted by Gasteiger charge is -2.25. The summed E-state index contributed by atoms with van der Waals surface area (Å²) in [5.74, 6) is 0.428. The number of Topliss-reactive ketones (excluding diaryl/α,β-unsaturated/α-hetero) is 1. The van der Waals surface area contributed by atoms with E-state index in [2.05, 4.69) is 16.3 Å². The lowest BCUT2D eigenvalue weighted by molar-refractivity contribution is 0.0969. The van der Waals surface area contributed by atoms with Crippen LogP contribution in [0.3, 0.4) is 0 Å². The third-order valence-corrected chi connectivity index (χ3v) is 6.94. The standard InChI is InChI=1S/C25H30N6O3.ClH/c1-16(2)10-13-30-21-22(27-24(30)29-14-11-18-19(29)9-12-26-18)28(3)25(34)31(23(21)33)15-20(32)17-7-5-4-6-8-17;/h4-8,10,18-19,26H,9,11-15H2,1-3H3;1H/t18-,19-;/m0./s1. The Labute approximate surface area is 209 Å². The van der Waals surface area contributed by atoms with Crippen molar-refractivity contribution in [3.63, 3.8) is 0 Å². The smallest absolute Gasteiger partial charge is 0.332 e. The first kappa shape index (κ1) is 24.9. The van der Waals surface area contributed by atoms with E-state index in [1.807, 2.05) is 24.5 Å². The van der Waals surface area contributed by atoms with Gasteiger partial charge in [0.05, 0.1) is 6.54 Å². The van der Waals surface area contributed by atoms with Gasteiger partial charge < -0.3 is 14.8 Å². The fourth-order valence-electron chi connectivity index (χ4n) is 5.14. The van der Waals surface area contributed by atoms with Crippen LogP contribution in [0.2, 0.25) is 0 Å². The van der Waals surface area contributed by atoms with Gasteiger partial charge in [-0.25, -0.2) is 4.79 Å². The molecule has 2 aromatic heterocycles. The van der Waals surface area contributed by atoms with Crippen LogP contribution in [0.1, 0.15) is 37.0 Å². The third kappa shape index (κ3) is 4.34. The molecule has 5 rings (SSSR count). The summed E-state index contributed by atoms with van der Waals surface area (Å²) >= 11 is 0. The van der Waals surface area contributed by atoms with Gasteiger partial charge in [0.25, 0.3) is 5.56 Å². The molecule has 2 aliphatic rings. The van der Waals surface area contributed by atoms with Gasteiger partial charge in [0, 0.05) is 37.8 Å². The SMILES string of the molecule is CC(C)=CCn1c(N2CC[C@@H]3NCC[C@@H]32)nc2c1c(=O)n(CC(=O)c1ccccc1)c(=O)n2C.Cl. The van der Waals surface area contributed by atoms with Crippen molar-refractivity contribution >= 4 is 35.3 Å². The molecule has 0 unspecified atom stereocenters. The summed E-state index contributed by atoms with van der Waals surface area (Å²) in [4.78, 5) is 46.8. The second-order valence-electron chi connectivity index (χ2n) is 9.40. The van der Waals surface area contributed by atoms with E-state index in [-0.39, 0.29) is 24.7 Å². The molecule has 2 fully saturated rings. The summed E-state index contributed by atoms with van der Waals surface area (Å²) in [6.07, 6.45) is 4.09. The predicted octanol–water partition coefficient (Wildman–Crippen LogP) is 2.11. The summed E-state index contributed by atoms with van der Waals surface area (Å²) in [6.45, 7) is 5.99. The highest BCUT2D eigenvalue weighted by Crippen LogP contribution is 2.31. The second kappa shape index (κ2) is 9.83. The largest absolute Gasteiger partial charge is 0.338 e. The molecule has 2 saturated heterocycles. The first-order valence-electron chi connectivity index (χ1n) is 11.8. The van der Waals surface area contributed by atoms with Crippen LogP contribution in [0.15, 0.2) is 51.6 Å². The minimum atomic E-state index is -0.540.